The van der Waals surface area contributed by atoms with Gasteiger partial charge in [0.15, 0.2) is 0 Å². The average Bonchev–Trinajstić information content (AvgIpc) is 2.86. The molecule has 2 aliphatic heterocycles. The minimum Gasteiger partial charge on any atom is -0.347 e. The van der Waals surface area contributed by atoms with E-state index in [1.807, 2.05) is 0 Å². The molecule has 1 aromatic rings. The molecule has 0 aliphatic carbocycles. The lowest BCUT2D eigenvalue weighted by Crippen LogP contribution is -2.48. The lowest BCUT2D eigenvalue weighted by atomic mass is 10.0. The van der Waals surface area contributed by atoms with Gasteiger partial charge in [-0.15, -0.1) is 11.8 Å². The maximum atomic E-state index is 13.9. The quantitative estimate of drug-likeness (QED) is 0.858. The largest absolute Gasteiger partial charge is 0.347 e. The summed E-state index contributed by atoms with van der Waals surface area (Å²) in [4.78, 5) is 37.5. The van der Waals surface area contributed by atoms with Gasteiger partial charge >= 0.3 is 0 Å². The molecule has 1 saturated heterocycles. The summed E-state index contributed by atoms with van der Waals surface area (Å²) in [5.41, 5.74) is 0.751. The van der Waals surface area contributed by atoms with Crippen LogP contribution in [0.5, 0.6) is 0 Å². The third-order valence-electron chi connectivity index (χ3n) is 4.20. The maximum absolute atomic E-state index is 13.9. The van der Waals surface area contributed by atoms with Crippen LogP contribution in [-0.2, 0) is 14.4 Å². The molecule has 0 radical (unpaired) electrons. The molecule has 0 bridgehead atoms. The van der Waals surface area contributed by atoms with Crippen LogP contribution in [0.25, 0.3) is 0 Å². The van der Waals surface area contributed by atoms with E-state index in [-0.39, 0.29) is 42.4 Å². The van der Waals surface area contributed by atoms with Crippen molar-refractivity contribution in [2.75, 3.05) is 5.75 Å². The van der Waals surface area contributed by atoms with Crippen LogP contribution in [0, 0.1) is 5.82 Å². The summed E-state index contributed by atoms with van der Waals surface area (Å²) in [6.45, 7) is 1.54. The van der Waals surface area contributed by atoms with Gasteiger partial charge in [0.05, 0.1) is 6.04 Å². The first-order valence-corrected chi connectivity index (χ1v) is 8.54. The highest BCUT2D eigenvalue weighted by molar-refractivity contribution is 7.99. The van der Waals surface area contributed by atoms with Crippen LogP contribution in [0.4, 0.5) is 4.39 Å². The third kappa shape index (κ3) is 2.97. The van der Waals surface area contributed by atoms with Crippen molar-refractivity contribution in [3.8, 4) is 0 Å². The molecule has 122 valence electrons. The lowest BCUT2D eigenvalue weighted by molar-refractivity contribution is -0.146. The van der Waals surface area contributed by atoms with E-state index in [1.54, 1.807) is 19.1 Å². The molecule has 2 aliphatic rings. The van der Waals surface area contributed by atoms with E-state index in [0.29, 0.717) is 17.1 Å². The Hall–Kier alpha value is -1.89. The van der Waals surface area contributed by atoms with E-state index in [2.05, 4.69) is 5.32 Å². The van der Waals surface area contributed by atoms with Crippen LogP contribution in [0.15, 0.2) is 23.1 Å². The molecule has 0 spiro atoms. The van der Waals surface area contributed by atoms with Crippen molar-refractivity contribution in [1.82, 2.24) is 10.2 Å². The summed E-state index contributed by atoms with van der Waals surface area (Å²) in [5.74, 6) is -0.605. The highest BCUT2D eigenvalue weighted by Gasteiger charge is 2.37. The van der Waals surface area contributed by atoms with E-state index < -0.39 is 6.04 Å². The van der Waals surface area contributed by atoms with Gasteiger partial charge in [0.25, 0.3) is 0 Å². The Labute approximate surface area is 137 Å². The molecule has 2 unspecified atom stereocenters. The van der Waals surface area contributed by atoms with Gasteiger partial charge in [0.1, 0.15) is 11.9 Å². The fourth-order valence-electron chi connectivity index (χ4n) is 2.97. The Morgan fingerprint density at radius 2 is 2.04 bits per heavy atom. The molecule has 0 saturated carbocycles. The molecule has 2 heterocycles. The molecule has 3 amide bonds. The number of carbonyl (C=O) groups excluding carboxylic acids is 3. The van der Waals surface area contributed by atoms with Gasteiger partial charge in [-0.1, -0.05) is 12.1 Å². The van der Waals surface area contributed by atoms with Crippen LogP contribution in [0.3, 0.4) is 0 Å². The van der Waals surface area contributed by atoms with Gasteiger partial charge in [-0.3, -0.25) is 19.3 Å². The highest BCUT2D eigenvalue weighted by atomic mass is 32.2. The Morgan fingerprint density at radius 3 is 2.74 bits per heavy atom. The maximum Gasteiger partial charge on any atom is 0.243 e. The van der Waals surface area contributed by atoms with Crippen molar-refractivity contribution in [2.45, 2.75) is 43.2 Å². The van der Waals surface area contributed by atoms with Crippen LogP contribution < -0.4 is 5.32 Å². The fourth-order valence-corrected chi connectivity index (χ4v) is 4.11. The number of imide groups is 1. The highest BCUT2D eigenvalue weighted by Crippen LogP contribution is 2.37. The SMILES string of the molecule is CC(C(=O)NC1CCSc2c(F)cccc21)N1C(=O)CCC1=O. The summed E-state index contributed by atoms with van der Waals surface area (Å²) in [6.07, 6.45) is 0.997. The zero-order valence-corrected chi connectivity index (χ0v) is 13.5. The van der Waals surface area contributed by atoms with Gasteiger partial charge in [0.2, 0.25) is 17.7 Å². The minimum absolute atomic E-state index is 0.157. The number of fused-ring (bicyclic) bond motifs is 1. The topological polar surface area (TPSA) is 66.5 Å². The number of benzene rings is 1. The lowest BCUT2D eigenvalue weighted by Gasteiger charge is -2.29. The number of nitrogens with one attached hydrogen (secondary N) is 1. The first kappa shape index (κ1) is 16.0. The van der Waals surface area contributed by atoms with Gasteiger partial charge < -0.3 is 5.32 Å². The van der Waals surface area contributed by atoms with Crippen molar-refractivity contribution >= 4 is 29.5 Å². The smallest absolute Gasteiger partial charge is 0.243 e. The number of halogens is 1. The number of amides is 3. The van der Waals surface area contributed by atoms with Crippen molar-refractivity contribution in [3.05, 3.63) is 29.6 Å². The van der Waals surface area contributed by atoms with Crippen LogP contribution in [-0.4, -0.2) is 34.4 Å². The summed E-state index contributed by atoms with van der Waals surface area (Å²) in [5, 5.41) is 2.86. The number of likely N-dealkylation sites (tertiary alicyclic amines) is 1. The zero-order chi connectivity index (χ0) is 16.6. The predicted octanol–water partition coefficient (Wildman–Crippen LogP) is 2.02. The average molecular weight is 336 g/mol. The molecule has 1 aromatic carbocycles. The monoisotopic (exact) mass is 336 g/mol. The fraction of sp³-hybridized carbons (Fsp3) is 0.438. The van der Waals surface area contributed by atoms with Gasteiger partial charge in [-0.25, -0.2) is 4.39 Å². The number of thioether (sulfide) groups is 1. The predicted molar refractivity (Wildman–Crippen MR) is 83.2 cm³/mol. The van der Waals surface area contributed by atoms with Crippen LogP contribution >= 0.6 is 11.8 Å². The summed E-state index contributed by atoms with van der Waals surface area (Å²) >= 11 is 1.44. The van der Waals surface area contributed by atoms with Gasteiger partial charge in [-0.2, -0.15) is 0 Å². The molecule has 1 fully saturated rings. The molecule has 5 nitrogen and oxygen atoms in total. The number of hydrogen-bond acceptors (Lipinski definition) is 4. The van der Waals surface area contributed by atoms with E-state index in [4.69, 9.17) is 0 Å². The Bertz CT molecular complexity index is 663. The van der Waals surface area contributed by atoms with E-state index >= 15 is 0 Å². The summed E-state index contributed by atoms with van der Waals surface area (Å²) in [6, 6.07) is 3.68. The van der Waals surface area contributed by atoms with E-state index in [0.717, 1.165) is 10.5 Å². The minimum atomic E-state index is -0.843. The first-order chi connectivity index (χ1) is 11.0. The number of nitrogens with zero attached hydrogens (tertiary/aromatic N) is 1. The second kappa shape index (κ2) is 6.31. The van der Waals surface area contributed by atoms with Crippen molar-refractivity contribution in [3.63, 3.8) is 0 Å². The van der Waals surface area contributed by atoms with Crippen LogP contribution in [0.1, 0.15) is 37.8 Å². The van der Waals surface area contributed by atoms with Gasteiger partial charge in [-0.05, 0) is 25.0 Å². The Morgan fingerprint density at radius 1 is 1.35 bits per heavy atom. The molecule has 2 atom stereocenters. The molecule has 7 heteroatoms. The van der Waals surface area contributed by atoms with Crippen molar-refractivity contribution < 1.29 is 18.8 Å². The number of hydrogen-bond donors (Lipinski definition) is 1. The van der Waals surface area contributed by atoms with Gasteiger partial charge in [0, 0.05) is 23.5 Å². The third-order valence-corrected chi connectivity index (χ3v) is 5.36. The Kier molecular flexibility index (Phi) is 4.39. The van der Waals surface area contributed by atoms with E-state index in [9.17, 15) is 18.8 Å². The molecular formula is C16H17FN2O3S. The van der Waals surface area contributed by atoms with Crippen LogP contribution in [0.2, 0.25) is 0 Å². The molecule has 1 N–H and O–H groups in total. The van der Waals surface area contributed by atoms with Crippen molar-refractivity contribution in [1.29, 1.82) is 0 Å². The molecule has 3 rings (SSSR count). The number of rotatable bonds is 3. The number of carbonyl (C=O) groups is 3. The first-order valence-electron chi connectivity index (χ1n) is 7.55. The Balaban J connectivity index is 1.75. The second-order valence-electron chi connectivity index (χ2n) is 5.69. The standard InChI is InChI=1S/C16H17FN2O3S/c1-9(19-13(20)5-6-14(19)21)16(22)18-12-7-8-23-15-10(12)3-2-4-11(15)17/h2-4,9,12H,5-8H2,1H3,(H,18,22). The summed E-state index contributed by atoms with van der Waals surface area (Å²) in [7, 11) is 0. The molecule has 23 heavy (non-hydrogen) atoms. The summed E-state index contributed by atoms with van der Waals surface area (Å²) < 4.78 is 13.9. The van der Waals surface area contributed by atoms with E-state index in [1.165, 1.54) is 17.8 Å². The molecule has 0 aromatic heterocycles. The zero-order valence-electron chi connectivity index (χ0n) is 12.7. The normalized spacial score (nSPS) is 22.0. The van der Waals surface area contributed by atoms with Crippen molar-refractivity contribution in [2.24, 2.45) is 0 Å². The second-order valence-corrected chi connectivity index (χ2v) is 6.80. The molecular weight excluding hydrogens is 319 g/mol.